The molecule has 0 bridgehead atoms. The van der Waals surface area contributed by atoms with E-state index in [2.05, 4.69) is 9.97 Å². The number of thioether (sulfide) groups is 1. The maximum atomic E-state index is 11.2. The second-order valence-corrected chi connectivity index (χ2v) is 4.31. The van der Waals surface area contributed by atoms with Gasteiger partial charge in [0.05, 0.1) is 6.61 Å². The molecule has 78 valence electrons. The number of aromatic amines is 1. The maximum absolute atomic E-state index is 11.2. The lowest BCUT2D eigenvalue weighted by Gasteiger charge is -2.05. The highest BCUT2D eigenvalue weighted by atomic mass is 32.2. The minimum absolute atomic E-state index is 0.0934. The normalized spacial score (nSPS) is 10.9. The van der Waals surface area contributed by atoms with Gasteiger partial charge in [-0.1, -0.05) is 13.8 Å². The van der Waals surface area contributed by atoms with Crippen LogP contribution in [0.1, 0.15) is 25.6 Å². The summed E-state index contributed by atoms with van der Waals surface area (Å²) >= 11 is 1.39. The van der Waals surface area contributed by atoms with E-state index in [0.29, 0.717) is 16.6 Å². The highest BCUT2D eigenvalue weighted by molar-refractivity contribution is 7.99. The van der Waals surface area contributed by atoms with E-state index in [1.807, 2.05) is 13.8 Å². The van der Waals surface area contributed by atoms with Crippen LogP contribution in [-0.2, 0) is 0 Å². The predicted molar refractivity (Wildman–Crippen MR) is 56.8 cm³/mol. The molecular weight excluding hydrogens is 200 g/mol. The van der Waals surface area contributed by atoms with Gasteiger partial charge in [0.15, 0.2) is 0 Å². The molecule has 0 saturated carbocycles. The van der Waals surface area contributed by atoms with Gasteiger partial charge in [-0.25, -0.2) is 4.98 Å². The van der Waals surface area contributed by atoms with Crippen LogP contribution in [0.4, 0.5) is 0 Å². The minimum atomic E-state index is -0.135. The van der Waals surface area contributed by atoms with Gasteiger partial charge in [-0.2, -0.15) is 0 Å². The first-order chi connectivity index (χ1) is 6.63. The number of aliphatic hydroxyl groups excluding tert-OH is 1. The molecule has 0 saturated heterocycles. The van der Waals surface area contributed by atoms with Gasteiger partial charge < -0.3 is 10.1 Å². The number of hydrogen-bond donors (Lipinski definition) is 2. The summed E-state index contributed by atoms with van der Waals surface area (Å²) in [7, 11) is 0. The van der Waals surface area contributed by atoms with Crippen LogP contribution in [-0.4, -0.2) is 27.4 Å². The minimum Gasteiger partial charge on any atom is -0.396 e. The summed E-state index contributed by atoms with van der Waals surface area (Å²) in [4.78, 5) is 18.2. The number of nitrogens with zero attached hydrogens (tertiary/aromatic N) is 1. The van der Waals surface area contributed by atoms with Crippen molar-refractivity contribution in [3.05, 3.63) is 22.2 Å². The third-order valence-corrected chi connectivity index (χ3v) is 2.52. The highest BCUT2D eigenvalue weighted by Gasteiger charge is 2.04. The Hall–Kier alpha value is -0.810. The van der Waals surface area contributed by atoms with E-state index >= 15 is 0 Å². The third-order valence-electron chi connectivity index (χ3n) is 1.62. The van der Waals surface area contributed by atoms with Gasteiger partial charge >= 0.3 is 0 Å². The number of aromatic nitrogens is 2. The van der Waals surface area contributed by atoms with Crippen molar-refractivity contribution in [1.82, 2.24) is 9.97 Å². The Morgan fingerprint density at radius 3 is 2.93 bits per heavy atom. The van der Waals surface area contributed by atoms with Crippen LogP contribution in [0, 0.1) is 0 Å². The molecule has 4 nitrogen and oxygen atoms in total. The van der Waals surface area contributed by atoms with Crippen LogP contribution in [0.25, 0.3) is 0 Å². The molecule has 0 atom stereocenters. The van der Waals surface area contributed by atoms with E-state index in [9.17, 15) is 4.79 Å². The Morgan fingerprint density at radius 1 is 1.64 bits per heavy atom. The first-order valence-corrected chi connectivity index (χ1v) is 5.47. The van der Waals surface area contributed by atoms with Crippen LogP contribution in [0.5, 0.6) is 0 Å². The molecule has 0 aromatic carbocycles. The SMILES string of the molecule is CC(C)c1nc(SCCO)cc(=O)[nH]1. The Bertz CT molecular complexity index is 349. The van der Waals surface area contributed by atoms with E-state index < -0.39 is 0 Å². The van der Waals surface area contributed by atoms with Crippen molar-refractivity contribution in [1.29, 1.82) is 0 Å². The summed E-state index contributed by atoms with van der Waals surface area (Å²) in [6.45, 7) is 4.04. The summed E-state index contributed by atoms with van der Waals surface area (Å²) in [6, 6.07) is 1.45. The lowest BCUT2D eigenvalue weighted by atomic mass is 10.2. The van der Waals surface area contributed by atoms with Crippen LogP contribution in [0.2, 0.25) is 0 Å². The average Bonchev–Trinajstić information content (AvgIpc) is 2.14. The summed E-state index contributed by atoms with van der Waals surface area (Å²) in [6.07, 6.45) is 0. The van der Waals surface area contributed by atoms with Crippen LogP contribution >= 0.6 is 11.8 Å². The standard InChI is InChI=1S/C9H14N2O2S/c1-6(2)9-10-7(13)5-8(11-9)14-4-3-12/h5-6,12H,3-4H2,1-2H3,(H,10,11,13). The first-order valence-electron chi connectivity index (χ1n) is 4.48. The third kappa shape index (κ3) is 3.16. The predicted octanol–water partition coefficient (Wildman–Crippen LogP) is 0.978. The Balaban J connectivity index is 2.90. The monoisotopic (exact) mass is 214 g/mol. The maximum Gasteiger partial charge on any atom is 0.251 e. The van der Waals surface area contributed by atoms with E-state index in [1.54, 1.807) is 0 Å². The molecule has 0 fully saturated rings. The second kappa shape index (κ2) is 5.17. The molecule has 14 heavy (non-hydrogen) atoms. The van der Waals surface area contributed by atoms with Gasteiger partial charge in [0.25, 0.3) is 5.56 Å². The van der Waals surface area contributed by atoms with Crippen molar-refractivity contribution in [3.63, 3.8) is 0 Å². The molecule has 1 heterocycles. The van der Waals surface area contributed by atoms with Crippen molar-refractivity contribution in [3.8, 4) is 0 Å². The van der Waals surface area contributed by atoms with Gasteiger partial charge in [0.2, 0.25) is 0 Å². The zero-order valence-corrected chi connectivity index (χ0v) is 9.10. The van der Waals surface area contributed by atoms with Crippen molar-refractivity contribution < 1.29 is 5.11 Å². The summed E-state index contributed by atoms with van der Waals surface area (Å²) in [5.74, 6) is 1.46. The number of H-pyrrole nitrogens is 1. The Kier molecular flexibility index (Phi) is 4.16. The smallest absolute Gasteiger partial charge is 0.251 e. The van der Waals surface area contributed by atoms with Crippen molar-refractivity contribution in [2.24, 2.45) is 0 Å². The Labute approximate surface area is 86.8 Å². The van der Waals surface area contributed by atoms with Gasteiger partial charge in [-0.05, 0) is 0 Å². The van der Waals surface area contributed by atoms with E-state index in [4.69, 9.17) is 5.11 Å². The molecule has 0 amide bonds. The highest BCUT2D eigenvalue weighted by Crippen LogP contribution is 2.15. The molecule has 0 aliphatic heterocycles. The fourth-order valence-corrected chi connectivity index (χ4v) is 1.60. The van der Waals surface area contributed by atoms with Gasteiger partial charge in [-0.15, -0.1) is 11.8 Å². The van der Waals surface area contributed by atoms with E-state index in [1.165, 1.54) is 17.8 Å². The Morgan fingerprint density at radius 2 is 2.36 bits per heavy atom. The van der Waals surface area contributed by atoms with E-state index in [0.717, 1.165) is 0 Å². The molecule has 1 rings (SSSR count). The number of nitrogens with one attached hydrogen (secondary N) is 1. The summed E-state index contributed by atoms with van der Waals surface area (Å²) in [5.41, 5.74) is -0.135. The first kappa shape index (κ1) is 11.3. The second-order valence-electron chi connectivity index (χ2n) is 3.20. The van der Waals surface area contributed by atoms with Crippen LogP contribution < -0.4 is 5.56 Å². The van der Waals surface area contributed by atoms with Crippen LogP contribution in [0.3, 0.4) is 0 Å². The number of rotatable bonds is 4. The lowest BCUT2D eigenvalue weighted by Crippen LogP contribution is -2.12. The topological polar surface area (TPSA) is 66.0 Å². The molecule has 2 N–H and O–H groups in total. The molecule has 5 heteroatoms. The van der Waals surface area contributed by atoms with Crippen molar-refractivity contribution in [2.45, 2.75) is 24.8 Å². The molecule has 0 radical (unpaired) electrons. The van der Waals surface area contributed by atoms with Gasteiger partial charge in [0.1, 0.15) is 10.9 Å². The quantitative estimate of drug-likeness (QED) is 0.579. The number of hydrogen-bond acceptors (Lipinski definition) is 4. The molecule has 1 aromatic rings. The lowest BCUT2D eigenvalue weighted by molar-refractivity contribution is 0.322. The molecule has 0 spiro atoms. The zero-order chi connectivity index (χ0) is 10.6. The number of aliphatic hydroxyl groups is 1. The molecule has 0 unspecified atom stereocenters. The van der Waals surface area contributed by atoms with Gasteiger partial charge in [-0.3, -0.25) is 4.79 Å². The van der Waals surface area contributed by atoms with Crippen LogP contribution in [0.15, 0.2) is 15.9 Å². The summed E-state index contributed by atoms with van der Waals surface area (Å²) < 4.78 is 0. The van der Waals surface area contributed by atoms with Gasteiger partial charge in [0, 0.05) is 17.7 Å². The molecule has 0 aliphatic carbocycles. The molecule has 0 aliphatic rings. The van der Waals surface area contributed by atoms with E-state index in [-0.39, 0.29) is 18.1 Å². The summed E-state index contributed by atoms with van der Waals surface area (Å²) in [5, 5.41) is 9.31. The fourth-order valence-electron chi connectivity index (χ4n) is 0.951. The molecular formula is C9H14N2O2S. The average molecular weight is 214 g/mol. The van der Waals surface area contributed by atoms with Crippen molar-refractivity contribution >= 4 is 11.8 Å². The molecule has 1 aromatic heterocycles. The largest absolute Gasteiger partial charge is 0.396 e. The zero-order valence-electron chi connectivity index (χ0n) is 8.28. The van der Waals surface area contributed by atoms with Crippen molar-refractivity contribution in [2.75, 3.05) is 12.4 Å². The fraction of sp³-hybridized carbons (Fsp3) is 0.556.